The van der Waals surface area contributed by atoms with Gasteiger partial charge >= 0.3 is 30.9 Å². The molecule has 0 N–H and O–H groups in total. The van der Waals surface area contributed by atoms with Crippen LogP contribution < -0.4 is 0 Å². The number of rotatable bonds is 7. The summed E-state index contributed by atoms with van der Waals surface area (Å²) in [5.41, 5.74) is 14.0. The van der Waals surface area contributed by atoms with Gasteiger partial charge in [-0.15, -0.1) is 0 Å². The van der Waals surface area contributed by atoms with E-state index in [9.17, 15) is 65.9 Å². The van der Waals surface area contributed by atoms with E-state index in [1.54, 1.807) is 0 Å². The average molecular weight is 1380 g/mol. The van der Waals surface area contributed by atoms with Crippen LogP contribution in [0.5, 0.6) is 0 Å². The fourth-order valence-corrected chi connectivity index (χ4v) is 7.54. The summed E-state index contributed by atoms with van der Waals surface area (Å²) < 4.78 is 173. The lowest BCUT2D eigenvalue weighted by molar-refractivity contribution is -0.328. The molecular weight excluding hydrogens is 1250 g/mol. The number of benzene rings is 4. The van der Waals surface area contributed by atoms with Gasteiger partial charge in [-0.3, -0.25) is 0 Å². The van der Waals surface area contributed by atoms with Crippen LogP contribution >= 0.6 is 0 Å². The van der Waals surface area contributed by atoms with E-state index in [-0.39, 0.29) is 33.1 Å². The van der Waals surface area contributed by atoms with Gasteiger partial charge in [-0.05, 0) is 195 Å². The fourth-order valence-electron chi connectivity index (χ4n) is 7.54. The summed E-state index contributed by atoms with van der Waals surface area (Å²) in [5, 5.41) is 0. The van der Waals surface area contributed by atoms with Crippen LogP contribution in [0, 0.1) is 70.6 Å². The minimum Gasteiger partial charge on any atom is -0.171 e. The summed E-state index contributed by atoms with van der Waals surface area (Å²) in [6.07, 6.45) is -19.8. The Morgan fingerprint density at radius 1 is 0.326 bits per heavy atom. The highest BCUT2D eigenvalue weighted by Crippen LogP contribution is 2.50. The van der Waals surface area contributed by atoms with Gasteiger partial charge in [0.1, 0.15) is 0 Å². The summed E-state index contributed by atoms with van der Waals surface area (Å²) in [6.45, 7) is 69.6. The monoisotopic (exact) mass is 1380 g/mol. The predicted octanol–water partition coefficient (Wildman–Crippen LogP) is 31.1. The van der Waals surface area contributed by atoms with Crippen molar-refractivity contribution in [1.29, 1.82) is 0 Å². The largest absolute Gasteiger partial charge is 0.402 e. The molecular formula is C80H133F15. The molecule has 4 aromatic carbocycles. The average Bonchev–Trinajstić information content (AvgIpc) is 0.806. The van der Waals surface area contributed by atoms with Crippen molar-refractivity contribution >= 4 is 0 Å². The lowest BCUT2D eigenvalue weighted by Crippen LogP contribution is -2.44. The van der Waals surface area contributed by atoms with Crippen LogP contribution in [0.25, 0.3) is 0 Å². The van der Waals surface area contributed by atoms with E-state index in [4.69, 9.17) is 0 Å². The second-order valence-corrected chi connectivity index (χ2v) is 30.2. The van der Waals surface area contributed by atoms with Gasteiger partial charge in [0.2, 0.25) is 0 Å². The van der Waals surface area contributed by atoms with Crippen molar-refractivity contribution in [3.8, 4) is 0 Å². The van der Waals surface area contributed by atoms with Crippen LogP contribution in [0.4, 0.5) is 65.9 Å². The van der Waals surface area contributed by atoms with E-state index in [2.05, 4.69) is 268 Å². The van der Waals surface area contributed by atoms with Crippen molar-refractivity contribution < 1.29 is 65.9 Å². The summed E-state index contributed by atoms with van der Waals surface area (Å²) in [5.74, 6) is 2.56. The summed E-state index contributed by atoms with van der Waals surface area (Å²) >= 11 is 0. The molecule has 0 aliphatic carbocycles. The van der Waals surface area contributed by atoms with Crippen LogP contribution in [-0.2, 0) is 5.41 Å². The first-order valence-corrected chi connectivity index (χ1v) is 33.9. The molecule has 0 atom stereocenters. The van der Waals surface area contributed by atoms with E-state index in [0.29, 0.717) is 40.9 Å². The molecule has 558 valence electrons. The SMILES string of the molecule is CC(C)(C(F)(F)F)C(F)(F)F.CC(C)(C(F)(F)F)C(F)(F)F.CC(C)C(F)(F)F.CCC.CCC(C)(C)C.CCCC.Cc1c(C(C)C)cc(C(C)C)cc1C(C)C.Cc1c(C(C)C)cccc1C(C)C.Cc1cc(C)c(C)c(C)c1.Cc1ccc(C(C)(C)C)cc1C(C)C. The molecule has 0 radical (unpaired) electrons. The highest BCUT2D eigenvalue weighted by atomic mass is 19.4. The van der Waals surface area contributed by atoms with Crippen LogP contribution in [0.3, 0.4) is 0 Å². The molecule has 0 saturated carbocycles. The third kappa shape index (κ3) is 40.5. The van der Waals surface area contributed by atoms with Crippen molar-refractivity contribution in [2.45, 2.75) is 347 Å². The second-order valence-electron chi connectivity index (χ2n) is 30.2. The molecule has 0 aliphatic heterocycles. The van der Waals surface area contributed by atoms with Gasteiger partial charge in [0.25, 0.3) is 0 Å². The zero-order chi connectivity index (χ0) is 77.5. The lowest BCUT2D eigenvalue weighted by atomic mass is 9.83. The van der Waals surface area contributed by atoms with E-state index in [1.807, 2.05) is 0 Å². The highest BCUT2D eigenvalue weighted by molar-refractivity contribution is 5.43. The Bertz CT molecular complexity index is 2520. The van der Waals surface area contributed by atoms with E-state index in [0.717, 1.165) is 13.8 Å². The van der Waals surface area contributed by atoms with E-state index < -0.39 is 47.6 Å². The van der Waals surface area contributed by atoms with Gasteiger partial charge in [-0.25, -0.2) is 0 Å². The lowest BCUT2D eigenvalue weighted by Gasteiger charge is -2.29. The van der Waals surface area contributed by atoms with Crippen LogP contribution in [-0.4, -0.2) is 30.9 Å². The first kappa shape index (κ1) is 102. The molecule has 0 heterocycles. The Hall–Kier alpha value is -4.17. The Morgan fingerprint density at radius 2 is 0.589 bits per heavy atom. The first-order valence-electron chi connectivity index (χ1n) is 33.9. The smallest absolute Gasteiger partial charge is 0.171 e. The Morgan fingerprint density at radius 3 is 0.779 bits per heavy atom. The molecule has 95 heavy (non-hydrogen) atoms. The number of alkyl halides is 15. The summed E-state index contributed by atoms with van der Waals surface area (Å²) in [7, 11) is 0. The second kappa shape index (κ2) is 44.1. The van der Waals surface area contributed by atoms with Crippen LogP contribution in [0.15, 0.2) is 60.7 Å². The topological polar surface area (TPSA) is 0 Å². The van der Waals surface area contributed by atoms with Gasteiger partial charge in [0.15, 0.2) is 10.8 Å². The predicted molar refractivity (Wildman–Crippen MR) is 381 cm³/mol. The molecule has 0 nitrogen and oxygen atoms in total. The zero-order valence-electron chi connectivity index (χ0n) is 65.8. The minimum atomic E-state index is -5.24. The van der Waals surface area contributed by atoms with Crippen molar-refractivity contribution in [2.24, 2.45) is 22.2 Å². The maximum Gasteiger partial charge on any atom is 0.402 e. The minimum absolute atomic E-state index is 0.104. The van der Waals surface area contributed by atoms with Crippen molar-refractivity contribution in [3.05, 3.63) is 139 Å². The Kier molecular flexibility index (Phi) is 47.2. The number of hydrogen-bond donors (Lipinski definition) is 0. The van der Waals surface area contributed by atoms with Crippen molar-refractivity contribution in [1.82, 2.24) is 0 Å². The first-order chi connectivity index (χ1) is 42.1. The molecule has 4 aromatic rings. The van der Waals surface area contributed by atoms with Gasteiger partial charge in [0.05, 0.1) is 0 Å². The van der Waals surface area contributed by atoms with E-state index >= 15 is 0 Å². The van der Waals surface area contributed by atoms with Crippen LogP contribution in [0.1, 0.15) is 340 Å². The number of unbranched alkanes of at least 4 members (excludes halogenated alkanes) is 1. The van der Waals surface area contributed by atoms with Gasteiger partial charge < -0.3 is 0 Å². The summed E-state index contributed by atoms with van der Waals surface area (Å²) in [4.78, 5) is 0. The maximum absolute atomic E-state index is 11.6. The third-order valence-electron chi connectivity index (χ3n) is 16.0. The highest BCUT2D eigenvalue weighted by Gasteiger charge is 2.65. The molecule has 0 fully saturated rings. The van der Waals surface area contributed by atoms with E-state index in [1.165, 1.54) is 104 Å². The number of hydrogen-bond acceptors (Lipinski definition) is 0. The van der Waals surface area contributed by atoms with Gasteiger partial charge in [-0.2, -0.15) is 65.9 Å². The summed E-state index contributed by atoms with van der Waals surface area (Å²) in [6, 6.07) is 22.8. The molecule has 0 amide bonds. The molecule has 0 aliphatic rings. The molecule has 0 spiro atoms. The molecule has 0 aromatic heterocycles. The Labute approximate surface area is 571 Å². The maximum atomic E-state index is 11.6. The fraction of sp³-hybridized carbons (Fsp3) is 0.700. The standard InChI is InChI=1S/C16H26.C14H22.C13H20.C10H14.C6H14.2C5H6F6.C4H7F3.C4H10.C3H8/c1-10(2)14-8-15(11(3)4)13(7)16(9-14)12(5)6;1-10(2)13-9-12(14(4,5)6)8-7-11(13)3;1-9(2)12-7-6-8-13(10(3)4)11(12)5;1-7-5-8(2)10(4)9(3)6-7;1-5-6(2,3)4;2*1-3(2,4(6,7)8)5(9,10)11;1-3(2)4(5,6)7;1-3-4-2;1-3-2/h8-12H,1-7H3;7-10H,1-6H3;6-10H,1-5H3;5-6H,1-4H3;5H2,1-4H3;2*1-2H3;3H,1-2H3;3-4H2,1-2H3;3H2,1-2H3. The molecule has 0 bridgehead atoms. The number of halogens is 15. The van der Waals surface area contributed by atoms with Crippen molar-refractivity contribution in [3.63, 3.8) is 0 Å². The number of aryl methyl sites for hydroxylation is 4. The van der Waals surface area contributed by atoms with Crippen LogP contribution in [0.2, 0.25) is 0 Å². The molecule has 0 unspecified atom stereocenters. The zero-order valence-corrected chi connectivity index (χ0v) is 65.8. The molecule has 4 rings (SSSR count). The molecule has 15 heteroatoms. The van der Waals surface area contributed by atoms with Gasteiger partial charge in [0, 0.05) is 5.92 Å². The quantitative estimate of drug-likeness (QED) is 0.162. The van der Waals surface area contributed by atoms with Crippen molar-refractivity contribution in [2.75, 3.05) is 0 Å². The third-order valence-corrected chi connectivity index (χ3v) is 16.0. The normalized spacial score (nSPS) is 12.1. The Balaban J connectivity index is -0.000000238. The molecule has 0 saturated heterocycles. The van der Waals surface area contributed by atoms with Gasteiger partial charge in [-0.1, -0.05) is 265 Å².